The summed E-state index contributed by atoms with van der Waals surface area (Å²) in [6, 6.07) is 16.0. The van der Waals surface area contributed by atoms with Crippen molar-refractivity contribution in [3.8, 4) is 5.75 Å². The summed E-state index contributed by atoms with van der Waals surface area (Å²) in [4.78, 5) is 16.2. The Morgan fingerprint density at radius 3 is 2.50 bits per heavy atom. The number of hydrogen-bond donors (Lipinski definition) is 3. The van der Waals surface area contributed by atoms with Crippen LogP contribution in [0.25, 0.3) is 0 Å². The average molecular weight is 383 g/mol. The molecule has 1 amide bonds. The third kappa shape index (κ3) is 7.31. The number of benzene rings is 2. The van der Waals surface area contributed by atoms with Crippen LogP contribution in [-0.2, 0) is 17.8 Å². The average Bonchev–Trinajstić information content (AvgIpc) is 2.72. The maximum atomic E-state index is 12.0. The van der Waals surface area contributed by atoms with Crippen LogP contribution in [0.15, 0.2) is 53.5 Å². The first kappa shape index (κ1) is 21.3. The molecule has 6 heteroatoms. The molecule has 2 rings (SSSR count). The molecule has 2 aromatic carbocycles. The molecule has 0 aliphatic heterocycles. The van der Waals surface area contributed by atoms with Crippen molar-refractivity contribution in [2.45, 2.75) is 26.3 Å². The number of aliphatic imine (C=N–C) groups is 1. The standard InChI is InChI=1S/C22H30N4O2/c1-17-9-10-20(28-3)19(15-17)11-13-24-22(23-2)25-14-12-21(27)26-16-18-7-5-4-6-8-18/h4-10,15H,11-14,16H2,1-3H3,(H,26,27)(H2,23,24,25). The molecule has 0 spiro atoms. The van der Waals surface area contributed by atoms with Crippen LogP contribution in [0.4, 0.5) is 0 Å². The summed E-state index contributed by atoms with van der Waals surface area (Å²) in [6.07, 6.45) is 1.21. The third-order valence-corrected chi connectivity index (χ3v) is 4.32. The topological polar surface area (TPSA) is 74.8 Å². The molecule has 6 nitrogen and oxygen atoms in total. The van der Waals surface area contributed by atoms with Gasteiger partial charge in [0.25, 0.3) is 0 Å². The first-order valence-electron chi connectivity index (χ1n) is 9.51. The molecule has 3 N–H and O–H groups in total. The molecule has 0 radical (unpaired) electrons. The maximum Gasteiger partial charge on any atom is 0.222 e. The van der Waals surface area contributed by atoms with E-state index in [0.29, 0.717) is 25.5 Å². The number of methoxy groups -OCH3 is 1. The molecule has 0 bridgehead atoms. The van der Waals surface area contributed by atoms with Crippen LogP contribution in [0, 0.1) is 6.92 Å². The lowest BCUT2D eigenvalue weighted by Crippen LogP contribution is -2.40. The smallest absolute Gasteiger partial charge is 0.222 e. The van der Waals surface area contributed by atoms with Crippen molar-refractivity contribution in [1.29, 1.82) is 0 Å². The molecule has 150 valence electrons. The lowest BCUT2D eigenvalue weighted by atomic mass is 10.1. The zero-order valence-corrected chi connectivity index (χ0v) is 16.9. The molecule has 0 heterocycles. The van der Waals surface area contributed by atoms with E-state index in [-0.39, 0.29) is 5.91 Å². The largest absolute Gasteiger partial charge is 0.496 e. The summed E-state index contributed by atoms with van der Waals surface area (Å²) in [7, 11) is 3.41. The summed E-state index contributed by atoms with van der Waals surface area (Å²) in [5.41, 5.74) is 3.46. The molecule has 28 heavy (non-hydrogen) atoms. The quantitative estimate of drug-likeness (QED) is 0.460. The van der Waals surface area contributed by atoms with Crippen LogP contribution in [0.3, 0.4) is 0 Å². The van der Waals surface area contributed by atoms with Gasteiger partial charge < -0.3 is 20.7 Å². The fraction of sp³-hybridized carbons (Fsp3) is 0.364. The van der Waals surface area contributed by atoms with Crippen LogP contribution in [0.1, 0.15) is 23.1 Å². The van der Waals surface area contributed by atoms with E-state index in [0.717, 1.165) is 29.8 Å². The highest BCUT2D eigenvalue weighted by Crippen LogP contribution is 2.19. The second kappa shape index (κ2) is 11.6. The van der Waals surface area contributed by atoms with Gasteiger partial charge in [0.15, 0.2) is 5.96 Å². The first-order valence-corrected chi connectivity index (χ1v) is 9.51. The number of nitrogens with zero attached hydrogens (tertiary/aromatic N) is 1. The molecule has 2 aromatic rings. The summed E-state index contributed by atoms with van der Waals surface area (Å²) in [5.74, 6) is 1.59. The Labute approximate surface area is 167 Å². The summed E-state index contributed by atoms with van der Waals surface area (Å²) in [6.45, 7) is 3.86. The fourth-order valence-corrected chi connectivity index (χ4v) is 2.82. The van der Waals surface area contributed by atoms with Crippen LogP contribution in [0.5, 0.6) is 5.75 Å². The van der Waals surface area contributed by atoms with Crippen molar-refractivity contribution < 1.29 is 9.53 Å². The molecule has 0 unspecified atom stereocenters. The number of aryl methyl sites for hydroxylation is 1. The molecule has 0 aromatic heterocycles. The molecule has 0 aliphatic carbocycles. The maximum absolute atomic E-state index is 12.0. The van der Waals surface area contributed by atoms with Gasteiger partial charge in [-0.1, -0.05) is 48.0 Å². The van der Waals surface area contributed by atoms with Crippen molar-refractivity contribution in [1.82, 2.24) is 16.0 Å². The van der Waals surface area contributed by atoms with Gasteiger partial charge in [-0.15, -0.1) is 0 Å². The lowest BCUT2D eigenvalue weighted by molar-refractivity contribution is -0.121. The number of hydrogen-bond acceptors (Lipinski definition) is 3. The van der Waals surface area contributed by atoms with Gasteiger partial charge in [-0.05, 0) is 30.5 Å². The van der Waals surface area contributed by atoms with Gasteiger partial charge in [-0.25, -0.2) is 0 Å². The Bertz CT molecular complexity index is 775. The Morgan fingerprint density at radius 1 is 1.04 bits per heavy atom. The third-order valence-electron chi connectivity index (χ3n) is 4.32. The normalized spacial score (nSPS) is 11.0. The minimum atomic E-state index is 0.0105. The van der Waals surface area contributed by atoms with Gasteiger partial charge in [-0.3, -0.25) is 9.79 Å². The Kier molecular flexibility index (Phi) is 8.85. The predicted octanol–water partition coefficient (Wildman–Crippen LogP) is 2.42. The fourth-order valence-electron chi connectivity index (χ4n) is 2.82. The van der Waals surface area contributed by atoms with Crippen molar-refractivity contribution >= 4 is 11.9 Å². The number of amides is 1. The zero-order chi connectivity index (χ0) is 20.2. The van der Waals surface area contributed by atoms with Gasteiger partial charge in [0.05, 0.1) is 7.11 Å². The second-order valence-corrected chi connectivity index (χ2v) is 6.50. The Morgan fingerprint density at radius 2 is 1.79 bits per heavy atom. The number of carbonyl (C=O) groups is 1. The Balaban J connectivity index is 1.67. The SMILES string of the molecule is CN=C(NCCC(=O)NCc1ccccc1)NCCc1cc(C)ccc1OC. The summed E-state index contributed by atoms with van der Waals surface area (Å²) >= 11 is 0. The van der Waals surface area contributed by atoms with Crippen LogP contribution >= 0.6 is 0 Å². The van der Waals surface area contributed by atoms with E-state index in [4.69, 9.17) is 4.74 Å². The van der Waals surface area contributed by atoms with E-state index in [1.54, 1.807) is 14.2 Å². The van der Waals surface area contributed by atoms with Crippen LogP contribution in [0.2, 0.25) is 0 Å². The van der Waals surface area contributed by atoms with E-state index in [9.17, 15) is 4.79 Å². The highest BCUT2D eigenvalue weighted by Gasteiger charge is 2.05. The molecule has 0 aliphatic rings. The van der Waals surface area contributed by atoms with Crippen molar-refractivity contribution in [3.05, 3.63) is 65.2 Å². The molecular formula is C22H30N4O2. The van der Waals surface area contributed by atoms with Crippen molar-refractivity contribution in [3.63, 3.8) is 0 Å². The Hall–Kier alpha value is -3.02. The number of carbonyl (C=O) groups excluding carboxylic acids is 1. The monoisotopic (exact) mass is 382 g/mol. The zero-order valence-electron chi connectivity index (χ0n) is 16.9. The lowest BCUT2D eigenvalue weighted by Gasteiger charge is -2.13. The molecule has 0 atom stereocenters. The molecular weight excluding hydrogens is 352 g/mol. The number of ether oxygens (including phenoxy) is 1. The second-order valence-electron chi connectivity index (χ2n) is 6.50. The van der Waals surface area contributed by atoms with Gasteiger partial charge in [0.1, 0.15) is 5.75 Å². The van der Waals surface area contributed by atoms with E-state index in [1.807, 2.05) is 42.5 Å². The van der Waals surface area contributed by atoms with Gasteiger partial charge in [0, 0.05) is 33.1 Å². The summed E-state index contributed by atoms with van der Waals surface area (Å²) in [5, 5.41) is 9.36. The number of guanidine groups is 1. The highest BCUT2D eigenvalue weighted by atomic mass is 16.5. The molecule has 0 saturated carbocycles. The highest BCUT2D eigenvalue weighted by molar-refractivity contribution is 5.81. The molecule has 0 fully saturated rings. The van der Waals surface area contributed by atoms with Gasteiger partial charge >= 0.3 is 0 Å². The van der Waals surface area contributed by atoms with Crippen molar-refractivity contribution in [2.24, 2.45) is 4.99 Å². The first-order chi connectivity index (χ1) is 13.6. The predicted molar refractivity (Wildman–Crippen MR) is 114 cm³/mol. The summed E-state index contributed by atoms with van der Waals surface area (Å²) < 4.78 is 5.41. The van der Waals surface area contributed by atoms with E-state index < -0.39 is 0 Å². The van der Waals surface area contributed by atoms with E-state index >= 15 is 0 Å². The van der Waals surface area contributed by atoms with E-state index in [2.05, 4.69) is 33.9 Å². The number of rotatable bonds is 9. The van der Waals surface area contributed by atoms with Crippen LogP contribution in [-0.4, -0.2) is 39.1 Å². The minimum absolute atomic E-state index is 0.0105. The van der Waals surface area contributed by atoms with E-state index in [1.165, 1.54) is 5.56 Å². The minimum Gasteiger partial charge on any atom is -0.496 e. The molecule has 0 saturated heterocycles. The van der Waals surface area contributed by atoms with Crippen molar-refractivity contribution in [2.75, 3.05) is 27.2 Å². The van der Waals surface area contributed by atoms with Gasteiger partial charge in [-0.2, -0.15) is 0 Å². The van der Waals surface area contributed by atoms with Crippen LogP contribution < -0.4 is 20.7 Å². The van der Waals surface area contributed by atoms with Gasteiger partial charge in [0.2, 0.25) is 5.91 Å². The number of nitrogens with one attached hydrogen (secondary N) is 3.